The van der Waals surface area contributed by atoms with E-state index in [0.29, 0.717) is 12.5 Å². The molecule has 6 heteroatoms. The monoisotopic (exact) mass is 434 g/mol. The van der Waals surface area contributed by atoms with E-state index in [1.807, 2.05) is 11.8 Å². The van der Waals surface area contributed by atoms with Crippen LogP contribution in [0.2, 0.25) is 0 Å². The van der Waals surface area contributed by atoms with Crippen molar-refractivity contribution in [1.82, 2.24) is 9.80 Å². The minimum Gasteiger partial charge on any atom is -0.370 e. The highest BCUT2D eigenvalue weighted by molar-refractivity contribution is 14.0. The van der Waals surface area contributed by atoms with Gasteiger partial charge >= 0.3 is 0 Å². The summed E-state index contributed by atoms with van der Waals surface area (Å²) in [5.41, 5.74) is 8.66. The van der Waals surface area contributed by atoms with E-state index in [0.717, 1.165) is 37.7 Å². The van der Waals surface area contributed by atoms with Crippen LogP contribution >= 0.6 is 35.7 Å². The molecule has 0 amide bonds. The van der Waals surface area contributed by atoms with E-state index in [9.17, 15) is 0 Å². The summed E-state index contributed by atoms with van der Waals surface area (Å²) in [4.78, 5) is 9.04. The Morgan fingerprint density at radius 2 is 2.00 bits per heavy atom. The molecule has 0 spiro atoms. The maximum Gasteiger partial charge on any atom is 0.191 e. The van der Waals surface area contributed by atoms with Crippen molar-refractivity contribution in [1.29, 1.82) is 0 Å². The Hall–Kier alpha value is -0.470. The van der Waals surface area contributed by atoms with Gasteiger partial charge in [0.05, 0.1) is 6.54 Å². The summed E-state index contributed by atoms with van der Waals surface area (Å²) in [6, 6.07) is 8.63. The van der Waals surface area contributed by atoms with Crippen molar-refractivity contribution in [2.75, 3.05) is 38.2 Å². The molecule has 2 rings (SSSR count). The summed E-state index contributed by atoms with van der Waals surface area (Å²) in [5.74, 6) is 2.98. The predicted octanol–water partition coefficient (Wildman–Crippen LogP) is 2.62. The van der Waals surface area contributed by atoms with Gasteiger partial charge in [-0.2, -0.15) is 11.8 Å². The maximum absolute atomic E-state index is 6.10. The van der Waals surface area contributed by atoms with Gasteiger partial charge in [0.2, 0.25) is 0 Å². The number of hydrogen-bond acceptors (Lipinski definition) is 3. The molecular formula is C16H27IN4S. The summed E-state index contributed by atoms with van der Waals surface area (Å²) in [6.45, 7) is 6.91. The van der Waals surface area contributed by atoms with Crippen molar-refractivity contribution in [3.8, 4) is 0 Å². The highest BCUT2D eigenvalue weighted by Crippen LogP contribution is 2.11. The Morgan fingerprint density at radius 1 is 1.32 bits per heavy atom. The molecule has 1 aliphatic heterocycles. The maximum atomic E-state index is 6.10. The highest BCUT2D eigenvalue weighted by atomic mass is 127. The number of nitrogens with two attached hydrogens (primary N) is 1. The molecule has 1 fully saturated rings. The molecule has 2 N–H and O–H groups in total. The van der Waals surface area contributed by atoms with Crippen LogP contribution in [0.15, 0.2) is 29.3 Å². The highest BCUT2D eigenvalue weighted by Gasteiger charge is 2.11. The lowest BCUT2D eigenvalue weighted by Crippen LogP contribution is -2.42. The molecule has 0 aliphatic carbocycles. The molecule has 1 heterocycles. The smallest absolute Gasteiger partial charge is 0.191 e. The first-order valence-corrected chi connectivity index (χ1v) is 8.73. The molecule has 1 aliphatic rings. The van der Waals surface area contributed by atoms with E-state index in [2.05, 4.69) is 53.0 Å². The van der Waals surface area contributed by atoms with Crippen molar-refractivity contribution in [3.05, 3.63) is 35.4 Å². The third-order valence-corrected chi connectivity index (χ3v) is 4.68. The van der Waals surface area contributed by atoms with Gasteiger partial charge in [-0.15, -0.1) is 24.0 Å². The quantitative estimate of drug-likeness (QED) is 0.440. The Kier molecular flexibility index (Phi) is 9.19. The van der Waals surface area contributed by atoms with Crippen molar-refractivity contribution in [3.63, 3.8) is 0 Å². The first-order chi connectivity index (χ1) is 10.2. The average Bonchev–Trinajstić information content (AvgIpc) is 2.53. The van der Waals surface area contributed by atoms with Gasteiger partial charge in [0.15, 0.2) is 5.96 Å². The number of aliphatic imine (C=N–C) groups is 1. The average molecular weight is 434 g/mol. The largest absolute Gasteiger partial charge is 0.370 e. The molecule has 1 saturated heterocycles. The van der Waals surface area contributed by atoms with Gasteiger partial charge in [0, 0.05) is 31.1 Å². The second-order valence-corrected chi connectivity index (χ2v) is 6.65. The van der Waals surface area contributed by atoms with E-state index in [-0.39, 0.29) is 24.0 Å². The molecular weight excluding hydrogens is 407 g/mol. The second kappa shape index (κ2) is 10.3. The summed E-state index contributed by atoms with van der Waals surface area (Å²) in [7, 11) is 2.14. The standard InChI is InChI=1S/C16H26N4S.HI/c1-3-19(2)13-15-6-4-5-14(11-15)12-18-16(17)20-7-9-21-10-8-20;/h4-6,11H,3,7-10,12-13H2,1-2H3,(H2,17,18);1H. The van der Waals surface area contributed by atoms with Crippen molar-refractivity contribution in [2.45, 2.75) is 20.0 Å². The Labute approximate surface area is 155 Å². The molecule has 0 unspecified atom stereocenters. The fourth-order valence-corrected chi connectivity index (χ4v) is 3.22. The zero-order valence-corrected chi connectivity index (χ0v) is 16.6. The Balaban J connectivity index is 0.00000242. The Bertz CT molecular complexity index is 475. The lowest BCUT2D eigenvalue weighted by atomic mass is 10.1. The predicted molar refractivity (Wildman–Crippen MR) is 108 cm³/mol. The second-order valence-electron chi connectivity index (χ2n) is 5.42. The molecule has 4 nitrogen and oxygen atoms in total. The molecule has 124 valence electrons. The number of thioether (sulfide) groups is 1. The fourth-order valence-electron chi connectivity index (χ4n) is 2.31. The van der Waals surface area contributed by atoms with Crippen molar-refractivity contribution in [2.24, 2.45) is 10.7 Å². The van der Waals surface area contributed by atoms with E-state index in [1.54, 1.807) is 0 Å². The van der Waals surface area contributed by atoms with E-state index in [4.69, 9.17) is 5.73 Å². The SMILES string of the molecule is CCN(C)Cc1cccc(CN=C(N)N2CCSCC2)c1.I. The number of nitrogens with zero attached hydrogens (tertiary/aromatic N) is 3. The van der Waals surface area contributed by atoms with Crippen LogP contribution in [0.1, 0.15) is 18.1 Å². The van der Waals surface area contributed by atoms with Gasteiger partial charge in [-0.05, 0) is 24.7 Å². The zero-order chi connectivity index (χ0) is 15.1. The van der Waals surface area contributed by atoms with Gasteiger partial charge in [-0.3, -0.25) is 0 Å². The third kappa shape index (κ3) is 6.34. The van der Waals surface area contributed by atoms with Crippen LogP contribution in [0, 0.1) is 0 Å². The lowest BCUT2D eigenvalue weighted by Gasteiger charge is -2.27. The number of halogens is 1. The van der Waals surface area contributed by atoms with Crippen LogP contribution in [0.4, 0.5) is 0 Å². The topological polar surface area (TPSA) is 44.9 Å². The molecule has 0 aromatic heterocycles. The van der Waals surface area contributed by atoms with Crippen LogP contribution in [0.3, 0.4) is 0 Å². The fraction of sp³-hybridized carbons (Fsp3) is 0.562. The Morgan fingerprint density at radius 3 is 2.68 bits per heavy atom. The van der Waals surface area contributed by atoms with Crippen molar-refractivity contribution < 1.29 is 0 Å². The van der Waals surface area contributed by atoms with Crippen LogP contribution < -0.4 is 5.73 Å². The summed E-state index contributed by atoms with van der Waals surface area (Å²) >= 11 is 1.98. The first-order valence-electron chi connectivity index (χ1n) is 7.58. The van der Waals surface area contributed by atoms with Crippen molar-refractivity contribution >= 4 is 41.7 Å². The minimum absolute atomic E-state index is 0. The van der Waals surface area contributed by atoms with Crippen LogP contribution in [-0.4, -0.2) is 53.9 Å². The molecule has 1 aromatic rings. The van der Waals surface area contributed by atoms with Crippen LogP contribution in [0.25, 0.3) is 0 Å². The summed E-state index contributed by atoms with van der Waals surface area (Å²) in [6.07, 6.45) is 0. The summed E-state index contributed by atoms with van der Waals surface area (Å²) < 4.78 is 0. The molecule has 0 radical (unpaired) electrons. The van der Waals surface area contributed by atoms with E-state index >= 15 is 0 Å². The van der Waals surface area contributed by atoms with Gasteiger partial charge in [-0.1, -0.05) is 31.2 Å². The zero-order valence-electron chi connectivity index (χ0n) is 13.5. The molecule has 0 atom stereocenters. The summed E-state index contributed by atoms with van der Waals surface area (Å²) in [5, 5.41) is 0. The molecule has 0 bridgehead atoms. The number of benzene rings is 1. The normalized spacial score (nSPS) is 15.8. The van der Waals surface area contributed by atoms with Gasteiger partial charge in [0.1, 0.15) is 0 Å². The van der Waals surface area contributed by atoms with Gasteiger partial charge in [-0.25, -0.2) is 4.99 Å². The first kappa shape index (κ1) is 19.6. The number of guanidine groups is 1. The van der Waals surface area contributed by atoms with Crippen LogP contribution in [0.5, 0.6) is 0 Å². The van der Waals surface area contributed by atoms with Crippen LogP contribution in [-0.2, 0) is 13.1 Å². The lowest BCUT2D eigenvalue weighted by molar-refractivity contribution is 0.345. The molecule has 22 heavy (non-hydrogen) atoms. The third-order valence-electron chi connectivity index (χ3n) is 3.74. The number of hydrogen-bond donors (Lipinski definition) is 1. The van der Waals surface area contributed by atoms with E-state index in [1.165, 1.54) is 11.1 Å². The molecule has 1 aromatic carbocycles. The molecule has 0 saturated carbocycles. The minimum atomic E-state index is 0. The van der Waals surface area contributed by atoms with E-state index < -0.39 is 0 Å². The van der Waals surface area contributed by atoms with Gasteiger partial charge in [0.25, 0.3) is 0 Å². The van der Waals surface area contributed by atoms with Gasteiger partial charge < -0.3 is 15.5 Å². The number of rotatable bonds is 5.